The van der Waals surface area contributed by atoms with Gasteiger partial charge >= 0.3 is 0 Å². The normalized spacial score (nSPS) is 8.83. The minimum Gasteiger partial charge on any atom is -0.397 e. The van der Waals surface area contributed by atoms with E-state index in [0.29, 0.717) is 11.4 Å². The van der Waals surface area contributed by atoms with E-state index in [2.05, 4.69) is 20.9 Å². The Labute approximate surface area is 89.3 Å². The average molecular weight is 296 g/mol. The zero-order valence-electron chi connectivity index (χ0n) is 6.37. The summed E-state index contributed by atoms with van der Waals surface area (Å²) >= 11 is 3.19. The second-order valence-corrected chi connectivity index (χ2v) is 3.06. The van der Waals surface area contributed by atoms with Crippen LogP contribution in [0.5, 0.6) is 0 Å². The molecule has 0 amide bonds. The predicted molar refractivity (Wildman–Crippen MR) is 56.7 cm³/mol. The first-order chi connectivity index (χ1) is 5.11. The molecule has 0 bridgehead atoms. The molecule has 66 valence electrons. The molecule has 1 rings (SSSR count). The van der Waals surface area contributed by atoms with E-state index in [0.717, 1.165) is 4.47 Å². The molecule has 2 N–H and O–H groups in total. The lowest BCUT2D eigenvalue weighted by Crippen LogP contribution is -2.02. The number of nitrogen functional groups attached to an aromatic ring is 1. The van der Waals surface area contributed by atoms with E-state index < -0.39 is 0 Å². The molecule has 0 aromatic carbocycles. The number of halogens is 2. The number of rotatable bonds is 1. The number of carbonyl (C=O) groups excluding carboxylic acids is 1. The van der Waals surface area contributed by atoms with Gasteiger partial charge in [0.15, 0.2) is 5.78 Å². The Hall–Kier alpha value is -0.420. The van der Waals surface area contributed by atoms with E-state index in [1.54, 1.807) is 12.3 Å². The maximum Gasteiger partial charge on any atom is 0.180 e. The molecule has 3 nitrogen and oxygen atoms in total. The van der Waals surface area contributed by atoms with Gasteiger partial charge in [-0.2, -0.15) is 0 Å². The van der Waals surface area contributed by atoms with Crippen LogP contribution in [0.2, 0.25) is 0 Å². The van der Waals surface area contributed by atoms with E-state index in [4.69, 9.17) is 5.73 Å². The summed E-state index contributed by atoms with van der Waals surface area (Å²) in [7, 11) is 0. The van der Waals surface area contributed by atoms with Crippen molar-refractivity contribution in [1.82, 2.24) is 4.98 Å². The molecule has 0 aliphatic heterocycles. The van der Waals surface area contributed by atoms with Gasteiger partial charge in [-0.15, -0.1) is 17.0 Å². The Morgan fingerprint density at radius 1 is 1.67 bits per heavy atom. The van der Waals surface area contributed by atoms with Gasteiger partial charge < -0.3 is 5.73 Å². The first-order valence-corrected chi connectivity index (χ1v) is 3.82. The number of aromatic nitrogens is 1. The minimum absolute atomic E-state index is 0. The fraction of sp³-hybridized carbons (Fsp3) is 0.143. The van der Waals surface area contributed by atoms with Crippen LogP contribution in [-0.4, -0.2) is 10.8 Å². The molecule has 0 fully saturated rings. The quantitative estimate of drug-likeness (QED) is 0.808. The molecule has 0 saturated heterocycles. The van der Waals surface area contributed by atoms with Gasteiger partial charge in [-0.1, -0.05) is 0 Å². The van der Waals surface area contributed by atoms with Crippen LogP contribution in [0.25, 0.3) is 0 Å². The molecule has 1 aromatic rings. The van der Waals surface area contributed by atoms with Gasteiger partial charge in [-0.25, -0.2) is 4.98 Å². The van der Waals surface area contributed by atoms with Crippen molar-refractivity contribution in [3.8, 4) is 0 Å². The molecule has 1 aromatic heterocycles. The molecular weight excluding hydrogens is 288 g/mol. The standard InChI is InChI=1S/C7H7BrN2O.BrH/c1-4(11)7-6(9)2-5(8)3-10-7;/h2-3H,9H2,1H3;1H. The Bertz CT molecular complexity index is 301. The summed E-state index contributed by atoms with van der Waals surface area (Å²) in [5, 5.41) is 0. The molecule has 0 unspecified atom stereocenters. The summed E-state index contributed by atoms with van der Waals surface area (Å²) in [5.74, 6) is -0.116. The number of anilines is 1. The van der Waals surface area contributed by atoms with Crippen LogP contribution in [0.3, 0.4) is 0 Å². The summed E-state index contributed by atoms with van der Waals surface area (Å²) in [6.07, 6.45) is 1.55. The lowest BCUT2D eigenvalue weighted by Gasteiger charge is -1.99. The second kappa shape index (κ2) is 4.57. The highest BCUT2D eigenvalue weighted by atomic mass is 79.9. The monoisotopic (exact) mass is 294 g/mol. The van der Waals surface area contributed by atoms with Gasteiger partial charge in [-0.3, -0.25) is 4.79 Å². The Morgan fingerprint density at radius 3 is 2.67 bits per heavy atom. The van der Waals surface area contributed by atoms with E-state index in [-0.39, 0.29) is 22.8 Å². The highest BCUT2D eigenvalue weighted by molar-refractivity contribution is 9.10. The summed E-state index contributed by atoms with van der Waals surface area (Å²) in [6, 6.07) is 1.66. The Balaban J connectivity index is 0.00000121. The lowest BCUT2D eigenvalue weighted by atomic mass is 10.2. The number of ketones is 1. The van der Waals surface area contributed by atoms with Gasteiger partial charge in [0, 0.05) is 17.6 Å². The van der Waals surface area contributed by atoms with Crippen LogP contribution in [0.1, 0.15) is 17.4 Å². The number of carbonyl (C=O) groups is 1. The third-order valence-electron chi connectivity index (χ3n) is 1.22. The maximum absolute atomic E-state index is 10.8. The Kier molecular flexibility index (Phi) is 4.41. The van der Waals surface area contributed by atoms with Crippen molar-refractivity contribution in [2.45, 2.75) is 6.92 Å². The topological polar surface area (TPSA) is 56.0 Å². The lowest BCUT2D eigenvalue weighted by molar-refractivity contribution is 0.101. The molecule has 12 heavy (non-hydrogen) atoms. The van der Waals surface area contributed by atoms with Gasteiger partial charge in [0.2, 0.25) is 0 Å². The van der Waals surface area contributed by atoms with Gasteiger partial charge in [0.25, 0.3) is 0 Å². The SMILES string of the molecule is Br.CC(=O)c1ncc(Br)cc1N. The van der Waals surface area contributed by atoms with Crippen molar-refractivity contribution in [2.75, 3.05) is 5.73 Å². The van der Waals surface area contributed by atoms with Crippen LogP contribution in [0.15, 0.2) is 16.7 Å². The number of nitrogens with two attached hydrogens (primary N) is 1. The van der Waals surface area contributed by atoms with E-state index in [9.17, 15) is 4.79 Å². The van der Waals surface area contributed by atoms with Crippen molar-refractivity contribution in [3.05, 3.63) is 22.4 Å². The number of hydrogen-bond acceptors (Lipinski definition) is 3. The van der Waals surface area contributed by atoms with Crippen LogP contribution in [-0.2, 0) is 0 Å². The Morgan fingerprint density at radius 2 is 2.25 bits per heavy atom. The van der Waals surface area contributed by atoms with E-state index >= 15 is 0 Å². The van der Waals surface area contributed by atoms with Crippen LogP contribution >= 0.6 is 32.9 Å². The summed E-state index contributed by atoms with van der Waals surface area (Å²) < 4.78 is 0.778. The van der Waals surface area contributed by atoms with Crippen molar-refractivity contribution in [1.29, 1.82) is 0 Å². The fourth-order valence-corrected chi connectivity index (χ4v) is 1.10. The van der Waals surface area contributed by atoms with Crippen molar-refractivity contribution >= 4 is 44.4 Å². The van der Waals surface area contributed by atoms with Crippen molar-refractivity contribution in [2.24, 2.45) is 0 Å². The first kappa shape index (κ1) is 11.6. The van der Waals surface area contributed by atoms with Crippen LogP contribution in [0.4, 0.5) is 5.69 Å². The van der Waals surface area contributed by atoms with Crippen LogP contribution in [0, 0.1) is 0 Å². The number of Topliss-reactive ketones (excluding diaryl/α,β-unsaturated/α-hetero) is 1. The molecule has 0 spiro atoms. The average Bonchev–Trinajstić information content (AvgIpc) is 1.85. The van der Waals surface area contributed by atoms with Gasteiger partial charge in [-0.05, 0) is 22.0 Å². The van der Waals surface area contributed by atoms with Gasteiger partial charge in [0.1, 0.15) is 5.69 Å². The summed E-state index contributed by atoms with van der Waals surface area (Å²) in [5.41, 5.74) is 6.25. The van der Waals surface area contributed by atoms with E-state index in [1.165, 1.54) is 6.92 Å². The summed E-state index contributed by atoms with van der Waals surface area (Å²) in [6.45, 7) is 1.44. The molecular formula is C7H8Br2N2O. The number of pyridine rings is 1. The zero-order valence-corrected chi connectivity index (χ0v) is 9.67. The second-order valence-electron chi connectivity index (χ2n) is 2.15. The fourth-order valence-electron chi connectivity index (χ4n) is 0.749. The third kappa shape index (κ3) is 2.57. The smallest absolute Gasteiger partial charge is 0.180 e. The molecule has 0 radical (unpaired) electrons. The molecule has 5 heteroatoms. The predicted octanol–water partition coefficient (Wildman–Crippen LogP) is 2.21. The molecule has 1 heterocycles. The largest absolute Gasteiger partial charge is 0.397 e. The molecule has 0 atom stereocenters. The maximum atomic E-state index is 10.8. The van der Waals surface area contributed by atoms with E-state index in [1.807, 2.05) is 0 Å². The highest BCUT2D eigenvalue weighted by Gasteiger charge is 2.05. The molecule has 0 aliphatic rings. The molecule has 0 aliphatic carbocycles. The van der Waals surface area contributed by atoms with Gasteiger partial charge in [0.05, 0.1) is 5.69 Å². The first-order valence-electron chi connectivity index (χ1n) is 3.03. The van der Waals surface area contributed by atoms with Crippen LogP contribution < -0.4 is 5.73 Å². The highest BCUT2D eigenvalue weighted by Crippen LogP contribution is 2.15. The van der Waals surface area contributed by atoms with Crippen molar-refractivity contribution in [3.63, 3.8) is 0 Å². The minimum atomic E-state index is -0.116. The third-order valence-corrected chi connectivity index (χ3v) is 1.65. The van der Waals surface area contributed by atoms with Crippen molar-refractivity contribution < 1.29 is 4.79 Å². The summed E-state index contributed by atoms with van der Waals surface area (Å²) in [4.78, 5) is 14.7. The molecule has 0 saturated carbocycles. The number of nitrogens with zero attached hydrogens (tertiary/aromatic N) is 1. The zero-order chi connectivity index (χ0) is 8.43. The number of hydrogen-bond donors (Lipinski definition) is 1.